The molecule has 0 unspecified atom stereocenters. The van der Waals surface area contributed by atoms with Crippen LogP contribution in [0.1, 0.15) is 63.9 Å². The van der Waals surface area contributed by atoms with Gasteiger partial charge in [-0.05, 0) is 57.8 Å². The fourth-order valence-corrected chi connectivity index (χ4v) is 3.66. The molecule has 5 heteroatoms. The molecule has 130 valence electrons. The van der Waals surface area contributed by atoms with Gasteiger partial charge in [0.25, 0.3) is 0 Å². The van der Waals surface area contributed by atoms with Crippen LogP contribution in [0.25, 0.3) is 0 Å². The van der Waals surface area contributed by atoms with Crippen molar-refractivity contribution in [2.45, 2.75) is 58.5 Å². The lowest BCUT2D eigenvalue weighted by atomic mass is 9.93. The van der Waals surface area contributed by atoms with Gasteiger partial charge in [-0.15, -0.1) is 5.10 Å². The van der Waals surface area contributed by atoms with Crippen molar-refractivity contribution in [3.05, 3.63) is 42.0 Å². The molecule has 3 rings (SSSR count). The molecule has 1 atom stereocenters. The van der Waals surface area contributed by atoms with Crippen molar-refractivity contribution < 1.29 is 0 Å². The maximum atomic E-state index is 4.53. The molecule has 0 saturated carbocycles. The Bertz CT molecular complexity index is 626. The molecule has 1 fully saturated rings. The van der Waals surface area contributed by atoms with E-state index in [-0.39, 0.29) is 6.04 Å². The van der Waals surface area contributed by atoms with Crippen LogP contribution in [0.15, 0.2) is 30.6 Å². The van der Waals surface area contributed by atoms with Crippen molar-refractivity contribution >= 4 is 0 Å². The van der Waals surface area contributed by atoms with Crippen LogP contribution in [-0.2, 0) is 0 Å². The third kappa shape index (κ3) is 3.66. The molecule has 5 nitrogen and oxygen atoms in total. The van der Waals surface area contributed by atoms with Crippen LogP contribution < -0.4 is 0 Å². The fraction of sp³-hybridized carbons (Fsp3) is 0.632. The van der Waals surface area contributed by atoms with Crippen molar-refractivity contribution in [3.8, 4) is 0 Å². The van der Waals surface area contributed by atoms with Gasteiger partial charge in [-0.2, -0.15) is 0 Å². The third-order valence-corrected chi connectivity index (χ3v) is 5.11. The van der Waals surface area contributed by atoms with Crippen LogP contribution in [0.4, 0.5) is 0 Å². The summed E-state index contributed by atoms with van der Waals surface area (Å²) in [6.45, 7) is 11.3. The molecule has 2 aromatic rings. The predicted octanol–water partition coefficient (Wildman–Crippen LogP) is 3.51. The lowest BCUT2D eigenvalue weighted by Gasteiger charge is -2.33. The SMILES string of the molecule is CC(C)[C@@H](c1ccccn1)n1cc(C2CCN(C(C)C)CC2)nn1. The van der Waals surface area contributed by atoms with Crippen molar-refractivity contribution in [2.75, 3.05) is 13.1 Å². The molecule has 1 aliphatic rings. The van der Waals surface area contributed by atoms with Crippen molar-refractivity contribution in [1.29, 1.82) is 0 Å². The monoisotopic (exact) mass is 327 g/mol. The second kappa shape index (κ2) is 7.43. The first kappa shape index (κ1) is 17.1. The normalized spacial score (nSPS) is 18.4. The molecule has 3 heterocycles. The Hall–Kier alpha value is -1.75. The largest absolute Gasteiger partial charge is 0.301 e. The molecule has 2 aromatic heterocycles. The van der Waals surface area contributed by atoms with Crippen LogP contribution in [0.3, 0.4) is 0 Å². The number of rotatable bonds is 5. The molecule has 0 radical (unpaired) electrons. The van der Waals surface area contributed by atoms with Crippen molar-refractivity contribution in [2.24, 2.45) is 5.92 Å². The lowest BCUT2D eigenvalue weighted by Crippen LogP contribution is -2.37. The Labute approximate surface area is 145 Å². The highest BCUT2D eigenvalue weighted by Crippen LogP contribution is 2.29. The minimum absolute atomic E-state index is 0.142. The molecule has 1 aliphatic heterocycles. The van der Waals surface area contributed by atoms with E-state index in [0.717, 1.165) is 24.5 Å². The number of likely N-dealkylation sites (tertiary alicyclic amines) is 1. The summed E-state index contributed by atoms with van der Waals surface area (Å²) in [5.74, 6) is 0.947. The summed E-state index contributed by atoms with van der Waals surface area (Å²) in [4.78, 5) is 7.08. The van der Waals surface area contributed by atoms with Crippen LogP contribution in [-0.4, -0.2) is 44.0 Å². The van der Waals surface area contributed by atoms with Gasteiger partial charge in [0.05, 0.1) is 17.4 Å². The highest BCUT2D eigenvalue weighted by Gasteiger charge is 2.26. The molecule has 24 heavy (non-hydrogen) atoms. The van der Waals surface area contributed by atoms with Crippen LogP contribution in [0, 0.1) is 5.92 Å². The molecule has 0 bridgehead atoms. The van der Waals surface area contributed by atoms with E-state index in [9.17, 15) is 0 Å². The van der Waals surface area contributed by atoms with Crippen LogP contribution >= 0.6 is 0 Å². The van der Waals surface area contributed by atoms with Crippen LogP contribution in [0.5, 0.6) is 0 Å². The van der Waals surface area contributed by atoms with E-state index in [4.69, 9.17) is 0 Å². The topological polar surface area (TPSA) is 46.8 Å². The molecule has 1 saturated heterocycles. The summed E-state index contributed by atoms with van der Waals surface area (Å²) in [6.07, 6.45) is 6.35. The Morgan fingerprint density at radius 3 is 2.42 bits per heavy atom. The first-order valence-corrected chi connectivity index (χ1v) is 9.13. The average Bonchev–Trinajstić information content (AvgIpc) is 3.05. The summed E-state index contributed by atoms with van der Waals surface area (Å²) < 4.78 is 2.01. The summed E-state index contributed by atoms with van der Waals surface area (Å²) in [5.41, 5.74) is 2.19. The van der Waals surface area contributed by atoms with E-state index in [1.54, 1.807) is 0 Å². The number of pyridine rings is 1. The maximum Gasteiger partial charge on any atom is 0.0979 e. The van der Waals surface area contributed by atoms with Gasteiger partial charge in [-0.3, -0.25) is 4.98 Å². The Kier molecular flexibility index (Phi) is 5.29. The minimum atomic E-state index is 0.142. The highest BCUT2D eigenvalue weighted by atomic mass is 15.4. The Morgan fingerprint density at radius 1 is 1.08 bits per heavy atom. The second-order valence-electron chi connectivity index (χ2n) is 7.47. The first-order chi connectivity index (χ1) is 11.6. The Balaban J connectivity index is 1.75. The summed E-state index contributed by atoms with van der Waals surface area (Å²) in [7, 11) is 0. The number of hydrogen-bond acceptors (Lipinski definition) is 4. The van der Waals surface area contributed by atoms with E-state index < -0.39 is 0 Å². The van der Waals surface area contributed by atoms with Gasteiger partial charge in [0.1, 0.15) is 0 Å². The zero-order valence-electron chi connectivity index (χ0n) is 15.3. The predicted molar refractivity (Wildman–Crippen MR) is 95.9 cm³/mol. The van der Waals surface area contributed by atoms with Gasteiger partial charge >= 0.3 is 0 Å². The van der Waals surface area contributed by atoms with Gasteiger partial charge in [-0.25, -0.2) is 4.68 Å². The fourth-order valence-electron chi connectivity index (χ4n) is 3.66. The highest BCUT2D eigenvalue weighted by molar-refractivity contribution is 5.12. The number of nitrogens with zero attached hydrogens (tertiary/aromatic N) is 5. The van der Waals surface area contributed by atoms with E-state index in [0.29, 0.717) is 17.9 Å². The van der Waals surface area contributed by atoms with Gasteiger partial charge < -0.3 is 4.90 Å². The van der Waals surface area contributed by atoms with Crippen LogP contribution in [0.2, 0.25) is 0 Å². The standard InChI is InChI=1S/C19H29N5/c1-14(2)19(17-7-5-6-10-20-17)24-13-18(21-22-24)16-8-11-23(12-9-16)15(3)4/h5-7,10,13-16,19H,8-9,11-12H2,1-4H3/t19-/m0/s1. The summed E-state index contributed by atoms with van der Waals surface area (Å²) in [6, 6.07) is 6.85. The van der Waals surface area contributed by atoms with Crippen molar-refractivity contribution in [3.63, 3.8) is 0 Å². The van der Waals surface area contributed by atoms with Gasteiger partial charge in [-0.1, -0.05) is 25.1 Å². The molecular formula is C19H29N5. The smallest absolute Gasteiger partial charge is 0.0979 e. The van der Waals surface area contributed by atoms with Gasteiger partial charge in [0, 0.05) is 24.4 Å². The van der Waals surface area contributed by atoms with E-state index >= 15 is 0 Å². The number of aromatic nitrogens is 4. The van der Waals surface area contributed by atoms with E-state index in [1.165, 1.54) is 12.8 Å². The molecule has 0 amide bonds. The maximum absolute atomic E-state index is 4.53. The van der Waals surface area contributed by atoms with E-state index in [1.807, 2.05) is 23.0 Å². The zero-order chi connectivity index (χ0) is 17.1. The third-order valence-electron chi connectivity index (χ3n) is 5.11. The van der Waals surface area contributed by atoms with Crippen molar-refractivity contribution in [1.82, 2.24) is 24.9 Å². The lowest BCUT2D eigenvalue weighted by molar-refractivity contribution is 0.171. The summed E-state index contributed by atoms with van der Waals surface area (Å²) in [5, 5.41) is 8.96. The molecule has 0 spiro atoms. The van der Waals surface area contributed by atoms with E-state index in [2.05, 4.69) is 60.2 Å². The summed E-state index contributed by atoms with van der Waals surface area (Å²) >= 11 is 0. The quantitative estimate of drug-likeness (QED) is 0.843. The molecule has 0 aliphatic carbocycles. The second-order valence-corrected chi connectivity index (χ2v) is 7.47. The molecule has 0 aromatic carbocycles. The average molecular weight is 327 g/mol. The number of piperidine rings is 1. The molecular weight excluding hydrogens is 298 g/mol. The van der Waals surface area contributed by atoms with Gasteiger partial charge in [0.2, 0.25) is 0 Å². The minimum Gasteiger partial charge on any atom is -0.301 e. The first-order valence-electron chi connectivity index (χ1n) is 9.13. The Morgan fingerprint density at radius 2 is 1.83 bits per heavy atom. The molecule has 0 N–H and O–H groups in total. The number of hydrogen-bond donors (Lipinski definition) is 0. The van der Waals surface area contributed by atoms with Gasteiger partial charge in [0.15, 0.2) is 0 Å². The zero-order valence-corrected chi connectivity index (χ0v) is 15.3.